The van der Waals surface area contributed by atoms with Crippen LogP contribution < -0.4 is 5.32 Å². The molecular weight excluding hydrogens is 306 g/mol. The van der Waals surface area contributed by atoms with E-state index >= 15 is 0 Å². The molecule has 1 saturated heterocycles. The first kappa shape index (κ1) is 16.6. The molecule has 0 atom stereocenters. The Labute approximate surface area is 141 Å². The van der Waals surface area contributed by atoms with Crippen molar-refractivity contribution in [1.29, 1.82) is 0 Å². The second kappa shape index (κ2) is 6.73. The van der Waals surface area contributed by atoms with Gasteiger partial charge in [0.15, 0.2) is 0 Å². The summed E-state index contributed by atoms with van der Waals surface area (Å²) in [6, 6.07) is 4.80. The van der Waals surface area contributed by atoms with E-state index in [1.54, 1.807) is 18.2 Å². The third-order valence-electron chi connectivity index (χ3n) is 4.92. The van der Waals surface area contributed by atoms with Gasteiger partial charge in [-0.25, -0.2) is 0 Å². The molecule has 0 unspecified atom stereocenters. The minimum absolute atomic E-state index is 0.0606. The van der Waals surface area contributed by atoms with Crippen LogP contribution in [0.25, 0.3) is 0 Å². The van der Waals surface area contributed by atoms with Crippen LogP contribution in [0, 0.1) is 5.92 Å². The second-order valence-corrected chi connectivity index (χ2v) is 6.47. The van der Waals surface area contributed by atoms with Crippen molar-refractivity contribution in [1.82, 2.24) is 15.1 Å². The van der Waals surface area contributed by atoms with Gasteiger partial charge in [-0.3, -0.25) is 19.3 Å². The molecule has 0 radical (unpaired) electrons. The lowest BCUT2D eigenvalue weighted by atomic mass is 9.96. The van der Waals surface area contributed by atoms with Gasteiger partial charge in [-0.2, -0.15) is 0 Å². The molecular formula is C18H23N3O3. The van der Waals surface area contributed by atoms with E-state index in [1.165, 1.54) is 7.05 Å². The average molecular weight is 329 g/mol. The molecule has 1 aromatic carbocycles. The van der Waals surface area contributed by atoms with Crippen molar-refractivity contribution in [3.05, 3.63) is 34.9 Å². The van der Waals surface area contributed by atoms with Crippen LogP contribution in [-0.4, -0.2) is 60.7 Å². The van der Waals surface area contributed by atoms with Gasteiger partial charge in [-0.05, 0) is 50.0 Å². The molecule has 0 bridgehead atoms. The van der Waals surface area contributed by atoms with E-state index < -0.39 is 0 Å². The van der Waals surface area contributed by atoms with Crippen molar-refractivity contribution < 1.29 is 14.4 Å². The summed E-state index contributed by atoms with van der Waals surface area (Å²) in [5, 5.41) is 3.36. The molecule has 2 heterocycles. The lowest BCUT2D eigenvalue weighted by Gasteiger charge is -2.32. The van der Waals surface area contributed by atoms with Crippen LogP contribution in [0.15, 0.2) is 18.2 Å². The Morgan fingerprint density at radius 3 is 2.50 bits per heavy atom. The first-order valence-corrected chi connectivity index (χ1v) is 8.49. The molecule has 0 saturated carbocycles. The van der Waals surface area contributed by atoms with E-state index in [2.05, 4.69) is 12.2 Å². The Balaban J connectivity index is 1.69. The lowest BCUT2D eigenvalue weighted by molar-refractivity contribution is 0.0684. The van der Waals surface area contributed by atoms with Crippen LogP contribution in [0.1, 0.15) is 50.8 Å². The van der Waals surface area contributed by atoms with E-state index in [4.69, 9.17) is 0 Å². The number of hydrogen-bond donors (Lipinski definition) is 1. The number of carbonyl (C=O) groups is 3. The van der Waals surface area contributed by atoms with Gasteiger partial charge in [0.2, 0.25) is 0 Å². The summed E-state index contributed by atoms with van der Waals surface area (Å²) in [4.78, 5) is 39.6. The van der Waals surface area contributed by atoms with Gasteiger partial charge in [-0.1, -0.05) is 6.92 Å². The number of rotatable bonds is 4. The Morgan fingerprint density at radius 1 is 1.17 bits per heavy atom. The highest BCUT2D eigenvalue weighted by Crippen LogP contribution is 2.24. The number of imide groups is 1. The first-order valence-electron chi connectivity index (χ1n) is 8.49. The van der Waals surface area contributed by atoms with Crippen LogP contribution in [0.5, 0.6) is 0 Å². The summed E-state index contributed by atoms with van der Waals surface area (Å²) < 4.78 is 0. The number of likely N-dealkylation sites (tertiary alicyclic amines) is 1. The van der Waals surface area contributed by atoms with E-state index in [1.807, 2.05) is 4.90 Å². The molecule has 1 aromatic rings. The van der Waals surface area contributed by atoms with Gasteiger partial charge >= 0.3 is 0 Å². The standard InChI is InChI=1S/C18H23N3O3/c1-3-19-11-12-6-8-21(9-7-12)16(22)13-4-5-14-15(10-13)18(24)20(2)17(14)23/h4-5,10,12,19H,3,6-9,11H2,1-2H3. The summed E-state index contributed by atoms with van der Waals surface area (Å²) in [5.74, 6) is -0.0939. The van der Waals surface area contributed by atoms with Gasteiger partial charge in [0, 0.05) is 25.7 Å². The van der Waals surface area contributed by atoms with Crippen LogP contribution in [0.4, 0.5) is 0 Å². The number of nitrogens with one attached hydrogen (secondary N) is 1. The fourth-order valence-electron chi connectivity index (χ4n) is 3.37. The Morgan fingerprint density at radius 2 is 1.83 bits per heavy atom. The van der Waals surface area contributed by atoms with Gasteiger partial charge in [0.1, 0.15) is 0 Å². The molecule has 0 aromatic heterocycles. The number of fused-ring (bicyclic) bond motifs is 1. The zero-order valence-electron chi connectivity index (χ0n) is 14.2. The summed E-state index contributed by atoms with van der Waals surface area (Å²) >= 11 is 0. The number of amides is 3. The molecule has 128 valence electrons. The topological polar surface area (TPSA) is 69.7 Å². The maximum atomic E-state index is 12.7. The number of piperidine rings is 1. The fourth-order valence-corrected chi connectivity index (χ4v) is 3.37. The normalized spacial score (nSPS) is 18.2. The number of hydrogen-bond acceptors (Lipinski definition) is 4. The Hall–Kier alpha value is -2.21. The zero-order valence-corrected chi connectivity index (χ0v) is 14.2. The third kappa shape index (κ3) is 2.94. The monoisotopic (exact) mass is 329 g/mol. The van der Waals surface area contributed by atoms with Crippen molar-refractivity contribution in [2.24, 2.45) is 5.92 Å². The van der Waals surface area contributed by atoms with Gasteiger partial charge in [0.25, 0.3) is 17.7 Å². The summed E-state index contributed by atoms with van der Waals surface area (Å²) in [7, 11) is 1.46. The zero-order chi connectivity index (χ0) is 17.3. The molecule has 3 rings (SSSR count). The van der Waals surface area contributed by atoms with Gasteiger partial charge in [0.05, 0.1) is 11.1 Å². The largest absolute Gasteiger partial charge is 0.339 e. The second-order valence-electron chi connectivity index (χ2n) is 6.47. The highest BCUT2D eigenvalue weighted by atomic mass is 16.2. The molecule has 0 spiro atoms. The van der Waals surface area contributed by atoms with E-state index in [-0.39, 0.29) is 17.7 Å². The molecule has 1 fully saturated rings. The smallest absolute Gasteiger partial charge is 0.261 e. The van der Waals surface area contributed by atoms with Crippen molar-refractivity contribution in [2.45, 2.75) is 19.8 Å². The molecule has 2 aliphatic rings. The maximum Gasteiger partial charge on any atom is 0.261 e. The Bertz CT molecular complexity index is 678. The van der Waals surface area contributed by atoms with Crippen molar-refractivity contribution in [3.63, 3.8) is 0 Å². The number of carbonyl (C=O) groups excluding carboxylic acids is 3. The first-order chi connectivity index (χ1) is 11.5. The Kier molecular flexibility index (Phi) is 4.66. The van der Waals surface area contributed by atoms with E-state index in [0.717, 1.165) is 43.9 Å². The molecule has 1 N–H and O–H groups in total. The molecule has 6 heteroatoms. The minimum atomic E-state index is -0.339. The van der Waals surface area contributed by atoms with Crippen LogP contribution in [-0.2, 0) is 0 Å². The van der Waals surface area contributed by atoms with Crippen molar-refractivity contribution in [3.8, 4) is 0 Å². The summed E-state index contributed by atoms with van der Waals surface area (Å²) in [6.45, 7) is 5.53. The molecule has 24 heavy (non-hydrogen) atoms. The summed E-state index contributed by atoms with van der Waals surface area (Å²) in [5.41, 5.74) is 1.19. The fraction of sp³-hybridized carbons (Fsp3) is 0.500. The van der Waals surface area contributed by atoms with Crippen LogP contribution >= 0.6 is 0 Å². The number of benzene rings is 1. The molecule has 6 nitrogen and oxygen atoms in total. The maximum absolute atomic E-state index is 12.7. The average Bonchev–Trinajstić information content (AvgIpc) is 2.84. The van der Waals surface area contributed by atoms with Gasteiger partial charge in [-0.15, -0.1) is 0 Å². The van der Waals surface area contributed by atoms with Crippen LogP contribution in [0.2, 0.25) is 0 Å². The van der Waals surface area contributed by atoms with Crippen molar-refractivity contribution >= 4 is 17.7 Å². The predicted molar refractivity (Wildman–Crippen MR) is 90.0 cm³/mol. The number of nitrogens with zero attached hydrogens (tertiary/aromatic N) is 2. The molecule has 2 aliphatic heterocycles. The highest BCUT2D eigenvalue weighted by Gasteiger charge is 2.34. The van der Waals surface area contributed by atoms with Crippen molar-refractivity contribution in [2.75, 3.05) is 33.2 Å². The highest BCUT2D eigenvalue weighted by molar-refractivity contribution is 6.21. The molecule has 0 aliphatic carbocycles. The molecule has 3 amide bonds. The minimum Gasteiger partial charge on any atom is -0.339 e. The quantitative estimate of drug-likeness (QED) is 0.847. The lowest BCUT2D eigenvalue weighted by Crippen LogP contribution is -2.40. The van der Waals surface area contributed by atoms with E-state index in [0.29, 0.717) is 22.6 Å². The van der Waals surface area contributed by atoms with E-state index in [9.17, 15) is 14.4 Å². The van der Waals surface area contributed by atoms with Gasteiger partial charge < -0.3 is 10.2 Å². The SMILES string of the molecule is CCNCC1CCN(C(=O)c2ccc3c(c2)C(=O)N(C)C3=O)CC1. The summed E-state index contributed by atoms with van der Waals surface area (Å²) in [6.07, 6.45) is 1.98. The van der Waals surface area contributed by atoms with Crippen LogP contribution in [0.3, 0.4) is 0 Å². The third-order valence-corrected chi connectivity index (χ3v) is 4.92. The predicted octanol–water partition coefficient (Wildman–Crippen LogP) is 1.37.